The summed E-state index contributed by atoms with van der Waals surface area (Å²) in [5.74, 6) is -2.63. The van der Waals surface area contributed by atoms with E-state index in [-0.39, 0.29) is 12.5 Å². The van der Waals surface area contributed by atoms with Crippen molar-refractivity contribution in [1.29, 1.82) is 0 Å². The number of halogens is 2. The number of nitrogens with one attached hydrogen (secondary N) is 2. The third kappa shape index (κ3) is 4.60. The van der Waals surface area contributed by atoms with Crippen molar-refractivity contribution >= 4 is 17.5 Å². The van der Waals surface area contributed by atoms with Crippen LogP contribution in [0.4, 0.5) is 14.5 Å². The van der Waals surface area contributed by atoms with Gasteiger partial charge in [-0.15, -0.1) is 0 Å². The predicted molar refractivity (Wildman–Crippen MR) is 84.8 cm³/mol. The Hall–Kier alpha value is -2.80. The minimum absolute atomic E-state index is 0.0120. The van der Waals surface area contributed by atoms with Gasteiger partial charge >= 0.3 is 0 Å². The summed E-state index contributed by atoms with van der Waals surface area (Å²) in [6.45, 7) is 0.342. The van der Waals surface area contributed by atoms with Crippen LogP contribution in [0.3, 0.4) is 0 Å². The summed E-state index contributed by atoms with van der Waals surface area (Å²) in [5, 5.41) is 13.7. The number of benzene rings is 2. The molecule has 2 aromatic carbocycles. The first-order valence-electron chi connectivity index (χ1n) is 7.27. The maximum Gasteiger partial charge on any atom is 0.258 e. The SMILES string of the molecule is O=C(NCCCO)c1ccc(NC(=O)c2cc(F)ccc2F)cc1. The van der Waals surface area contributed by atoms with Crippen LogP contribution >= 0.6 is 0 Å². The van der Waals surface area contributed by atoms with Crippen LogP contribution < -0.4 is 10.6 Å². The molecule has 0 heterocycles. The van der Waals surface area contributed by atoms with Crippen molar-refractivity contribution in [2.24, 2.45) is 0 Å². The molecule has 0 aliphatic carbocycles. The Balaban J connectivity index is 2.02. The van der Waals surface area contributed by atoms with Crippen molar-refractivity contribution in [3.05, 3.63) is 65.2 Å². The van der Waals surface area contributed by atoms with Crippen LogP contribution in [0.25, 0.3) is 0 Å². The molecule has 7 heteroatoms. The van der Waals surface area contributed by atoms with Gasteiger partial charge in [0.1, 0.15) is 11.6 Å². The Morgan fingerprint density at radius 3 is 2.38 bits per heavy atom. The van der Waals surface area contributed by atoms with E-state index in [0.717, 1.165) is 18.2 Å². The highest BCUT2D eigenvalue weighted by Gasteiger charge is 2.13. The van der Waals surface area contributed by atoms with Gasteiger partial charge in [0, 0.05) is 24.4 Å². The number of carbonyl (C=O) groups is 2. The molecule has 0 aromatic heterocycles. The van der Waals surface area contributed by atoms with Crippen molar-refractivity contribution in [2.75, 3.05) is 18.5 Å². The minimum atomic E-state index is -0.825. The van der Waals surface area contributed by atoms with E-state index in [1.165, 1.54) is 24.3 Å². The van der Waals surface area contributed by atoms with Crippen LogP contribution in [-0.2, 0) is 0 Å². The first kappa shape index (κ1) is 17.6. The van der Waals surface area contributed by atoms with Crippen LogP contribution in [0, 0.1) is 11.6 Å². The second-order valence-electron chi connectivity index (χ2n) is 4.99. The van der Waals surface area contributed by atoms with Crippen LogP contribution in [0.15, 0.2) is 42.5 Å². The second-order valence-corrected chi connectivity index (χ2v) is 4.99. The fourth-order valence-electron chi connectivity index (χ4n) is 1.96. The molecule has 0 bridgehead atoms. The Morgan fingerprint density at radius 1 is 1.00 bits per heavy atom. The van der Waals surface area contributed by atoms with E-state index in [1.807, 2.05) is 0 Å². The topological polar surface area (TPSA) is 78.4 Å². The number of amides is 2. The van der Waals surface area contributed by atoms with Gasteiger partial charge in [0.2, 0.25) is 0 Å². The summed E-state index contributed by atoms with van der Waals surface area (Å²) >= 11 is 0. The Morgan fingerprint density at radius 2 is 1.71 bits per heavy atom. The largest absolute Gasteiger partial charge is 0.396 e. The quantitative estimate of drug-likeness (QED) is 0.710. The minimum Gasteiger partial charge on any atom is -0.396 e. The number of carbonyl (C=O) groups excluding carboxylic acids is 2. The molecule has 2 amide bonds. The Kier molecular flexibility index (Phi) is 5.97. The van der Waals surface area contributed by atoms with Crippen molar-refractivity contribution in [3.63, 3.8) is 0 Å². The molecule has 2 aromatic rings. The highest BCUT2D eigenvalue weighted by atomic mass is 19.1. The highest BCUT2D eigenvalue weighted by molar-refractivity contribution is 6.04. The first-order chi connectivity index (χ1) is 11.5. The monoisotopic (exact) mass is 334 g/mol. The zero-order chi connectivity index (χ0) is 17.5. The molecule has 0 fully saturated rings. The highest BCUT2D eigenvalue weighted by Crippen LogP contribution is 2.14. The van der Waals surface area contributed by atoms with Crippen LogP contribution in [0.5, 0.6) is 0 Å². The maximum atomic E-state index is 13.5. The average Bonchev–Trinajstić information content (AvgIpc) is 2.57. The van der Waals surface area contributed by atoms with Crippen molar-refractivity contribution in [3.8, 4) is 0 Å². The molecule has 3 N–H and O–H groups in total. The zero-order valence-electron chi connectivity index (χ0n) is 12.7. The molecule has 0 saturated heterocycles. The molecule has 0 atom stereocenters. The lowest BCUT2D eigenvalue weighted by atomic mass is 10.1. The maximum absolute atomic E-state index is 13.5. The molecule has 24 heavy (non-hydrogen) atoms. The van der Waals surface area contributed by atoms with E-state index >= 15 is 0 Å². The molecule has 0 radical (unpaired) electrons. The van der Waals surface area contributed by atoms with Gasteiger partial charge < -0.3 is 15.7 Å². The summed E-state index contributed by atoms with van der Waals surface area (Å²) in [4.78, 5) is 23.7. The second kappa shape index (κ2) is 8.16. The number of rotatable bonds is 6. The third-order valence-corrected chi connectivity index (χ3v) is 3.20. The van der Waals surface area contributed by atoms with E-state index < -0.39 is 23.1 Å². The molecular weight excluding hydrogens is 318 g/mol. The standard InChI is InChI=1S/C17H16F2N2O3/c18-12-4-7-15(19)14(10-12)17(24)21-13-5-2-11(3-6-13)16(23)20-8-1-9-22/h2-7,10,22H,1,8-9H2,(H,20,23)(H,21,24). The predicted octanol–water partition coefficient (Wildman–Crippen LogP) is 2.33. The number of hydrogen-bond acceptors (Lipinski definition) is 3. The van der Waals surface area contributed by atoms with Crippen molar-refractivity contribution < 1.29 is 23.5 Å². The average molecular weight is 334 g/mol. The molecule has 0 saturated carbocycles. The molecule has 2 rings (SSSR count). The fourth-order valence-corrected chi connectivity index (χ4v) is 1.96. The van der Waals surface area contributed by atoms with E-state index in [4.69, 9.17) is 5.11 Å². The normalized spacial score (nSPS) is 10.3. The number of anilines is 1. The molecular formula is C17H16F2N2O3. The molecule has 5 nitrogen and oxygen atoms in total. The van der Waals surface area contributed by atoms with Gasteiger partial charge in [-0.05, 0) is 48.9 Å². The van der Waals surface area contributed by atoms with Crippen molar-refractivity contribution in [1.82, 2.24) is 5.32 Å². The van der Waals surface area contributed by atoms with Gasteiger partial charge in [-0.3, -0.25) is 9.59 Å². The van der Waals surface area contributed by atoms with E-state index in [9.17, 15) is 18.4 Å². The van der Waals surface area contributed by atoms with Gasteiger partial charge in [-0.25, -0.2) is 8.78 Å². The number of aliphatic hydroxyl groups excluding tert-OH is 1. The van der Waals surface area contributed by atoms with Gasteiger partial charge in [-0.1, -0.05) is 0 Å². The van der Waals surface area contributed by atoms with Gasteiger partial charge in [0.25, 0.3) is 11.8 Å². The molecule has 0 spiro atoms. The van der Waals surface area contributed by atoms with Crippen LogP contribution in [0.2, 0.25) is 0 Å². The van der Waals surface area contributed by atoms with Gasteiger partial charge in [0.05, 0.1) is 5.56 Å². The van der Waals surface area contributed by atoms with Crippen molar-refractivity contribution in [2.45, 2.75) is 6.42 Å². The molecule has 0 aliphatic heterocycles. The molecule has 126 valence electrons. The summed E-state index contributed by atoms with van der Waals surface area (Å²) < 4.78 is 26.7. The summed E-state index contributed by atoms with van der Waals surface area (Å²) in [6.07, 6.45) is 0.457. The zero-order valence-corrected chi connectivity index (χ0v) is 12.7. The number of hydrogen-bond donors (Lipinski definition) is 3. The van der Waals surface area contributed by atoms with Gasteiger partial charge in [0.15, 0.2) is 0 Å². The third-order valence-electron chi connectivity index (χ3n) is 3.20. The van der Waals surface area contributed by atoms with Gasteiger partial charge in [-0.2, -0.15) is 0 Å². The smallest absolute Gasteiger partial charge is 0.258 e. The lowest BCUT2D eigenvalue weighted by molar-refractivity contribution is 0.0950. The molecule has 0 aliphatic rings. The van der Waals surface area contributed by atoms with E-state index in [2.05, 4.69) is 10.6 Å². The fraction of sp³-hybridized carbons (Fsp3) is 0.176. The Labute approximate surface area is 137 Å². The first-order valence-corrected chi connectivity index (χ1v) is 7.27. The summed E-state index contributed by atoms with van der Waals surface area (Å²) in [7, 11) is 0. The van der Waals surface area contributed by atoms with E-state index in [0.29, 0.717) is 24.2 Å². The lowest BCUT2D eigenvalue weighted by Gasteiger charge is -2.08. The van der Waals surface area contributed by atoms with Crippen LogP contribution in [-0.4, -0.2) is 30.1 Å². The summed E-state index contributed by atoms with van der Waals surface area (Å²) in [5.41, 5.74) is 0.319. The van der Waals surface area contributed by atoms with Crippen LogP contribution in [0.1, 0.15) is 27.1 Å². The number of aliphatic hydroxyl groups is 1. The molecule has 0 unspecified atom stereocenters. The Bertz CT molecular complexity index is 733. The van der Waals surface area contributed by atoms with E-state index in [1.54, 1.807) is 0 Å². The lowest BCUT2D eigenvalue weighted by Crippen LogP contribution is -2.25. The summed E-state index contributed by atoms with van der Waals surface area (Å²) in [6, 6.07) is 8.57.